The normalized spacial score (nSPS) is 19.3. The molecular weight excluding hydrogens is 188 g/mol. The quantitative estimate of drug-likeness (QED) is 0.749. The second-order valence-electron chi connectivity index (χ2n) is 5.80. The van der Waals surface area contributed by atoms with Crippen LogP contribution in [0.25, 0.3) is 0 Å². The van der Waals surface area contributed by atoms with Gasteiger partial charge in [-0.25, -0.2) is 0 Å². The van der Waals surface area contributed by atoms with Gasteiger partial charge in [-0.3, -0.25) is 4.79 Å². The predicted octanol–water partition coefficient (Wildman–Crippen LogP) is 1.81. The van der Waals surface area contributed by atoms with Crippen LogP contribution in [0, 0.1) is 5.41 Å². The summed E-state index contributed by atoms with van der Waals surface area (Å²) in [7, 11) is 0. The van der Waals surface area contributed by atoms with E-state index >= 15 is 0 Å². The average molecular weight is 212 g/mol. The summed E-state index contributed by atoms with van der Waals surface area (Å²) in [6, 6.07) is 0.374. The van der Waals surface area contributed by atoms with Crippen LogP contribution in [0.2, 0.25) is 0 Å². The van der Waals surface area contributed by atoms with Crippen LogP contribution >= 0.6 is 0 Å². The Morgan fingerprint density at radius 2 is 1.67 bits per heavy atom. The Morgan fingerprint density at radius 1 is 1.20 bits per heavy atom. The lowest BCUT2D eigenvalue weighted by molar-refractivity contribution is -0.132. The van der Waals surface area contributed by atoms with Gasteiger partial charge in [-0.05, 0) is 40.5 Å². The monoisotopic (exact) mass is 212 g/mol. The first-order chi connectivity index (χ1) is 6.75. The number of hydrogen-bond donors (Lipinski definition) is 2. The number of rotatable bonds is 3. The number of carbonyl (C=O) groups excluding carboxylic acids is 1. The first-order valence-corrected chi connectivity index (χ1v) is 5.85. The molecule has 88 valence electrons. The maximum absolute atomic E-state index is 12.1. The molecule has 0 atom stereocenters. The zero-order valence-electron chi connectivity index (χ0n) is 10.4. The molecule has 1 aliphatic rings. The van der Waals surface area contributed by atoms with Crippen molar-refractivity contribution in [1.29, 1.82) is 0 Å². The lowest BCUT2D eigenvalue weighted by Crippen LogP contribution is -2.56. The molecule has 1 rings (SSSR count). The van der Waals surface area contributed by atoms with Gasteiger partial charge >= 0.3 is 0 Å². The molecule has 0 unspecified atom stereocenters. The van der Waals surface area contributed by atoms with Crippen LogP contribution in [0.5, 0.6) is 0 Å². The molecule has 3 N–H and O–H groups in total. The SMILES string of the molecule is CC(C)(N)C(C)(C)C(=O)NC1CCCC1. The summed E-state index contributed by atoms with van der Waals surface area (Å²) in [6.07, 6.45) is 4.70. The smallest absolute Gasteiger partial charge is 0.227 e. The van der Waals surface area contributed by atoms with E-state index in [1.165, 1.54) is 12.8 Å². The first kappa shape index (κ1) is 12.5. The lowest BCUT2D eigenvalue weighted by Gasteiger charge is -2.37. The second-order valence-corrected chi connectivity index (χ2v) is 5.80. The Morgan fingerprint density at radius 3 is 2.07 bits per heavy atom. The highest BCUT2D eigenvalue weighted by molar-refractivity contribution is 5.83. The Kier molecular flexibility index (Phi) is 3.44. The van der Waals surface area contributed by atoms with E-state index in [0.717, 1.165) is 12.8 Å². The van der Waals surface area contributed by atoms with Crippen molar-refractivity contribution < 1.29 is 4.79 Å². The fraction of sp³-hybridized carbons (Fsp3) is 0.917. The molecule has 0 aromatic heterocycles. The van der Waals surface area contributed by atoms with Crippen molar-refractivity contribution in [2.24, 2.45) is 11.1 Å². The minimum atomic E-state index is -0.518. The molecule has 0 bridgehead atoms. The van der Waals surface area contributed by atoms with Crippen molar-refractivity contribution in [1.82, 2.24) is 5.32 Å². The topological polar surface area (TPSA) is 55.1 Å². The first-order valence-electron chi connectivity index (χ1n) is 5.85. The van der Waals surface area contributed by atoms with Crippen LogP contribution in [0.3, 0.4) is 0 Å². The number of nitrogens with one attached hydrogen (secondary N) is 1. The molecule has 0 spiro atoms. The van der Waals surface area contributed by atoms with E-state index < -0.39 is 11.0 Å². The van der Waals surface area contributed by atoms with Crippen molar-refractivity contribution in [3.8, 4) is 0 Å². The van der Waals surface area contributed by atoms with Crippen molar-refractivity contribution >= 4 is 5.91 Å². The zero-order chi connectivity index (χ0) is 11.7. The number of hydrogen-bond acceptors (Lipinski definition) is 2. The van der Waals surface area contributed by atoms with Crippen molar-refractivity contribution in [3.63, 3.8) is 0 Å². The van der Waals surface area contributed by atoms with Gasteiger partial charge in [0.05, 0.1) is 5.41 Å². The lowest BCUT2D eigenvalue weighted by atomic mass is 9.74. The highest BCUT2D eigenvalue weighted by atomic mass is 16.2. The van der Waals surface area contributed by atoms with E-state index in [9.17, 15) is 4.79 Å². The summed E-state index contributed by atoms with van der Waals surface area (Å²) < 4.78 is 0. The molecule has 3 nitrogen and oxygen atoms in total. The number of amides is 1. The van der Waals surface area contributed by atoms with Gasteiger partial charge in [-0.1, -0.05) is 12.8 Å². The van der Waals surface area contributed by atoms with Crippen LogP contribution in [-0.2, 0) is 4.79 Å². The average Bonchev–Trinajstić information content (AvgIpc) is 2.54. The molecule has 0 aromatic carbocycles. The van der Waals surface area contributed by atoms with E-state index in [2.05, 4.69) is 5.32 Å². The fourth-order valence-electron chi connectivity index (χ4n) is 1.73. The maximum Gasteiger partial charge on any atom is 0.227 e. The number of nitrogens with two attached hydrogens (primary N) is 1. The van der Waals surface area contributed by atoms with Gasteiger partial charge in [0, 0.05) is 11.6 Å². The van der Waals surface area contributed by atoms with Crippen molar-refractivity contribution in [2.75, 3.05) is 0 Å². The molecule has 0 radical (unpaired) electrons. The zero-order valence-corrected chi connectivity index (χ0v) is 10.4. The summed E-state index contributed by atoms with van der Waals surface area (Å²) >= 11 is 0. The molecule has 1 aliphatic carbocycles. The summed E-state index contributed by atoms with van der Waals surface area (Å²) in [6.45, 7) is 7.64. The second kappa shape index (κ2) is 4.12. The summed E-state index contributed by atoms with van der Waals surface area (Å²) in [4.78, 5) is 12.1. The van der Waals surface area contributed by atoms with Gasteiger partial charge < -0.3 is 11.1 Å². The van der Waals surface area contributed by atoms with E-state index in [1.54, 1.807) is 0 Å². The molecule has 0 heterocycles. The highest BCUT2D eigenvalue weighted by Gasteiger charge is 2.41. The van der Waals surface area contributed by atoms with Gasteiger partial charge in [0.1, 0.15) is 0 Å². The van der Waals surface area contributed by atoms with E-state index in [-0.39, 0.29) is 5.91 Å². The van der Waals surface area contributed by atoms with Gasteiger partial charge in [0.25, 0.3) is 0 Å². The van der Waals surface area contributed by atoms with E-state index in [0.29, 0.717) is 6.04 Å². The largest absolute Gasteiger partial charge is 0.353 e. The van der Waals surface area contributed by atoms with Crippen molar-refractivity contribution in [2.45, 2.75) is 65.0 Å². The molecule has 1 saturated carbocycles. The van der Waals surface area contributed by atoms with Crippen LogP contribution in [-0.4, -0.2) is 17.5 Å². The molecule has 1 fully saturated rings. The van der Waals surface area contributed by atoms with Crippen LogP contribution in [0.1, 0.15) is 53.4 Å². The van der Waals surface area contributed by atoms with Gasteiger partial charge in [-0.15, -0.1) is 0 Å². The van der Waals surface area contributed by atoms with E-state index in [4.69, 9.17) is 5.73 Å². The Labute approximate surface area is 92.8 Å². The Hall–Kier alpha value is -0.570. The van der Waals surface area contributed by atoms with Crippen LogP contribution in [0.4, 0.5) is 0 Å². The van der Waals surface area contributed by atoms with Gasteiger partial charge in [0.15, 0.2) is 0 Å². The van der Waals surface area contributed by atoms with Gasteiger partial charge in [0.2, 0.25) is 5.91 Å². The van der Waals surface area contributed by atoms with Crippen LogP contribution in [0.15, 0.2) is 0 Å². The Bertz CT molecular complexity index is 234. The molecular formula is C12H24N2O. The van der Waals surface area contributed by atoms with Gasteiger partial charge in [-0.2, -0.15) is 0 Å². The number of carbonyl (C=O) groups is 1. The molecule has 0 aromatic rings. The summed E-state index contributed by atoms with van der Waals surface area (Å²) in [5.41, 5.74) is 5.02. The molecule has 1 amide bonds. The molecule has 3 heteroatoms. The predicted molar refractivity (Wildman–Crippen MR) is 62.4 cm³/mol. The summed E-state index contributed by atoms with van der Waals surface area (Å²) in [5, 5.41) is 3.11. The van der Waals surface area contributed by atoms with Crippen molar-refractivity contribution in [3.05, 3.63) is 0 Å². The molecule has 15 heavy (non-hydrogen) atoms. The minimum absolute atomic E-state index is 0.0851. The maximum atomic E-state index is 12.1. The minimum Gasteiger partial charge on any atom is -0.353 e. The third-order valence-corrected chi connectivity index (χ3v) is 3.87. The Balaban J connectivity index is 2.59. The fourth-order valence-corrected chi connectivity index (χ4v) is 1.73. The summed E-state index contributed by atoms with van der Waals surface area (Å²) in [5.74, 6) is 0.0851. The third kappa shape index (κ3) is 2.71. The standard InChI is InChI=1S/C12H24N2O/c1-11(2,12(3,4)13)10(15)14-9-7-5-6-8-9/h9H,5-8,13H2,1-4H3,(H,14,15). The highest BCUT2D eigenvalue weighted by Crippen LogP contribution is 2.29. The molecule has 0 aliphatic heterocycles. The third-order valence-electron chi connectivity index (χ3n) is 3.87. The van der Waals surface area contributed by atoms with Crippen LogP contribution < -0.4 is 11.1 Å². The molecule has 0 saturated heterocycles. The van der Waals surface area contributed by atoms with E-state index in [1.807, 2.05) is 27.7 Å².